The van der Waals surface area contributed by atoms with Crippen molar-refractivity contribution in [2.45, 2.75) is 31.7 Å². The van der Waals surface area contributed by atoms with Crippen LogP contribution < -0.4 is 5.73 Å². The molecule has 0 atom stereocenters. The van der Waals surface area contributed by atoms with E-state index < -0.39 is 5.91 Å². The van der Waals surface area contributed by atoms with Gasteiger partial charge in [0.2, 0.25) is 5.91 Å². The third kappa shape index (κ3) is 3.44. The molecule has 0 unspecified atom stereocenters. The van der Waals surface area contributed by atoms with Gasteiger partial charge in [-0.25, -0.2) is 4.98 Å². The molecule has 1 heterocycles. The number of hydrogen-bond donors (Lipinski definition) is 1. The number of rotatable bonds is 4. The molecule has 2 rings (SSSR count). The molecule has 19 heavy (non-hydrogen) atoms. The third-order valence-corrected chi connectivity index (χ3v) is 3.53. The summed E-state index contributed by atoms with van der Waals surface area (Å²) in [6.45, 7) is -0.0521. The molecule has 2 N–H and O–H groups in total. The van der Waals surface area contributed by atoms with Crippen LogP contribution in [0.25, 0.3) is 0 Å². The van der Waals surface area contributed by atoms with E-state index in [1.165, 1.54) is 12.3 Å². The molecule has 0 bridgehead atoms. The second kappa shape index (κ2) is 6.02. The fourth-order valence-corrected chi connectivity index (χ4v) is 2.63. The molecule has 1 aromatic heterocycles. The van der Waals surface area contributed by atoms with Crippen LogP contribution in [-0.4, -0.2) is 34.3 Å². The Labute approximate surface area is 116 Å². The van der Waals surface area contributed by atoms with Gasteiger partial charge in [0.05, 0.1) is 6.54 Å². The molecule has 6 heteroatoms. The molecule has 0 aromatic carbocycles. The van der Waals surface area contributed by atoms with E-state index in [0.29, 0.717) is 5.56 Å². The van der Waals surface area contributed by atoms with Gasteiger partial charge < -0.3 is 10.6 Å². The van der Waals surface area contributed by atoms with Crippen LogP contribution in [0.1, 0.15) is 36.0 Å². The van der Waals surface area contributed by atoms with Gasteiger partial charge >= 0.3 is 0 Å². The maximum Gasteiger partial charge on any atom is 0.254 e. The second-order valence-corrected chi connectivity index (χ2v) is 5.09. The van der Waals surface area contributed by atoms with Gasteiger partial charge in [0.25, 0.3) is 5.91 Å². The van der Waals surface area contributed by atoms with Gasteiger partial charge in [0, 0.05) is 17.8 Å². The fraction of sp³-hybridized carbons (Fsp3) is 0.462. The summed E-state index contributed by atoms with van der Waals surface area (Å²) in [7, 11) is 0. The first-order valence-corrected chi connectivity index (χ1v) is 6.66. The van der Waals surface area contributed by atoms with Gasteiger partial charge in [-0.05, 0) is 25.0 Å². The van der Waals surface area contributed by atoms with E-state index in [0.717, 1.165) is 25.7 Å². The van der Waals surface area contributed by atoms with Crippen molar-refractivity contribution in [1.29, 1.82) is 0 Å². The van der Waals surface area contributed by atoms with Crippen LogP contribution in [-0.2, 0) is 4.79 Å². The van der Waals surface area contributed by atoms with Crippen molar-refractivity contribution in [2.75, 3.05) is 6.54 Å². The Morgan fingerprint density at radius 3 is 2.68 bits per heavy atom. The van der Waals surface area contributed by atoms with Gasteiger partial charge in [-0.3, -0.25) is 9.59 Å². The summed E-state index contributed by atoms with van der Waals surface area (Å²) in [4.78, 5) is 29.0. The first-order valence-electron chi connectivity index (χ1n) is 6.29. The Kier molecular flexibility index (Phi) is 4.37. The van der Waals surface area contributed by atoms with Gasteiger partial charge in [-0.15, -0.1) is 0 Å². The summed E-state index contributed by atoms with van der Waals surface area (Å²) >= 11 is 5.79. The molecule has 1 fully saturated rings. The number of primary amides is 1. The molecule has 1 aliphatic rings. The van der Waals surface area contributed by atoms with Gasteiger partial charge in [-0.2, -0.15) is 0 Å². The zero-order chi connectivity index (χ0) is 13.8. The van der Waals surface area contributed by atoms with E-state index >= 15 is 0 Å². The van der Waals surface area contributed by atoms with Crippen LogP contribution in [0.15, 0.2) is 18.3 Å². The lowest BCUT2D eigenvalue weighted by Crippen LogP contribution is -2.44. The number of nitrogens with two attached hydrogens (primary N) is 1. The second-order valence-electron chi connectivity index (χ2n) is 4.70. The van der Waals surface area contributed by atoms with Crippen molar-refractivity contribution in [3.05, 3.63) is 29.0 Å². The maximum atomic E-state index is 12.5. The van der Waals surface area contributed by atoms with E-state index in [9.17, 15) is 9.59 Å². The molecule has 1 aliphatic carbocycles. The molecular weight excluding hydrogens is 266 g/mol. The SMILES string of the molecule is NC(=O)CN(C(=O)c1ccnc(Cl)c1)C1CCCC1. The van der Waals surface area contributed by atoms with E-state index in [2.05, 4.69) is 4.98 Å². The third-order valence-electron chi connectivity index (χ3n) is 3.33. The highest BCUT2D eigenvalue weighted by Gasteiger charge is 2.28. The molecule has 102 valence electrons. The highest BCUT2D eigenvalue weighted by atomic mass is 35.5. The topological polar surface area (TPSA) is 76.3 Å². The van der Waals surface area contributed by atoms with Crippen LogP contribution in [0.2, 0.25) is 5.15 Å². The first-order chi connectivity index (χ1) is 9.08. The summed E-state index contributed by atoms with van der Waals surface area (Å²) in [6.07, 6.45) is 5.46. The number of pyridine rings is 1. The summed E-state index contributed by atoms with van der Waals surface area (Å²) in [5, 5.41) is 0.260. The number of halogens is 1. The predicted molar refractivity (Wildman–Crippen MR) is 71.7 cm³/mol. The van der Waals surface area contributed by atoms with Gasteiger partial charge in [0.15, 0.2) is 0 Å². The minimum absolute atomic E-state index is 0.0521. The largest absolute Gasteiger partial charge is 0.368 e. The minimum Gasteiger partial charge on any atom is -0.368 e. The van der Waals surface area contributed by atoms with Crippen molar-refractivity contribution in [2.24, 2.45) is 5.73 Å². The lowest BCUT2D eigenvalue weighted by Gasteiger charge is -2.27. The van der Waals surface area contributed by atoms with Crippen molar-refractivity contribution in [3.63, 3.8) is 0 Å². The van der Waals surface area contributed by atoms with Crippen molar-refractivity contribution < 1.29 is 9.59 Å². The Bertz CT molecular complexity index is 487. The number of hydrogen-bond acceptors (Lipinski definition) is 3. The number of amides is 2. The number of carbonyl (C=O) groups is 2. The Morgan fingerprint density at radius 1 is 1.42 bits per heavy atom. The highest BCUT2D eigenvalue weighted by molar-refractivity contribution is 6.29. The fourth-order valence-electron chi connectivity index (χ4n) is 2.45. The van der Waals surface area contributed by atoms with Crippen molar-refractivity contribution in [1.82, 2.24) is 9.88 Å². The van der Waals surface area contributed by atoms with Gasteiger partial charge in [-0.1, -0.05) is 24.4 Å². The quantitative estimate of drug-likeness (QED) is 0.852. The Balaban J connectivity index is 2.21. The summed E-state index contributed by atoms with van der Waals surface area (Å²) in [6, 6.07) is 3.19. The first kappa shape index (κ1) is 13.8. The summed E-state index contributed by atoms with van der Waals surface area (Å²) in [5.74, 6) is -0.713. The number of carbonyl (C=O) groups excluding carboxylic acids is 2. The molecule has 5 nitrogen and oxygen atoms in total. The van der Waals surface area contributed by atoms with Crippen molar-refractivity contribution in [3.8, 4) is 0 Å². The zero-order valence-electron chi connectivity index (χ0n) is 10.5. The lowest BCUT2D eigenvalue weighted by atomic mass is 10.1. The average Bonchev–Trinajstić information content (AvgIpc) is 2.88. The van der Waals surface area contributed by atoms with E-state index in [-0.39, 0.29) is 23.6 Å². The molecular formula is C13H16ClN3O2. The maximum absolute atomic E-state index is 12.5. The van der Waals surface area contributed by atoms with E-state index in [1.807, 2.05) is 0 Å². The number of aromatic nitrogens is 1. The zero-order valence-corrected chi connectivity index (χ0v) is 11.3. The minimum atomic E-state index is -0.500. The molecule has 1 aromatic rings. The van der Waals surface area contributed by atoms with Crippen molar-refractivity contribution >= 4 is 23.4 Å². The lowest BCUT2D eigenvalue weighted by molar-refractivity contribution is -0.119. The molecule has 0 saturated heterocycles. The summed E-state index contributed by atoms with van der Waals surface area (Å²) in [5.41, 5.74) is 5.67. The summed E-state index contributed by atoms with van der Waals surface area (Å²) < 4.78 is 0. The number of nitrogens with zero attached hydrogens (tertiary/aromatic N) is 2. The van der Waals surface area contributed by atoms with Crippen LogP contribution in [0, 0.1) is 0 Å². The van der Waals surface area contributed by atoms with Gasteiger partial charge in [0.1, 0.15) is 5.15 Å². The monoisotopic (exact) mass is 281 g/mol. The highest BCUT2D eigenvalue weighted by Crippen LogP contribution is 2.25. The van der Waals surface area contributed by atoms with Crippen LogP contribution in [0.3, 0.4) is 0 Å². The van der Waals surface area contributed by atoms with Crippen LogP contribution in [0.4, 0.5) is 0 Å². The predicted octanol–water partition coefficient (Wildman–Crippen LogP) is 1.61. The molecule has 2 amide bonds. The normalized spacial score (nSPS) is 15.4. The van der Waals surface area contributed by atoms with Crippen LogP contribution in [0.5, 0.6) is 0 Å². The molecule has 0 radical (unpaired) electrons. The Morgan fingerprint density at radius 2 is 2.11 bits per heavy atom. The molecule has 1 saturated carbocycles. The molecule has 0 aliphatic heterocycles. The smallest absolute Gasteiger partial charge is 0.254 e. The van der Waals surface area contributed by atoms with E-state index in [1.54, 1.807) is 11.0 Å². The standard InChI is InChI=1S/C13H16ClN3O2/c14-11-7-9(5-6-16-11)13(19)17(8-12(15)18)10-3-1-2-4-10/h5-7,10H,1-4,8H2,(H2,15,18). The van der Waals surface area contributed by atoms with Crippen LogP contribution >= 0.6 is 11.6 Å². The van der Waals surface area contributed by atoms with E-state index in [4.69, 9.17) is 17.3 Å². The average molecular weight is 282 g/mol. The molecule has 0 spiro atoms. The Hall–Kier alpha value is -1.62.